The van der Waals surface area contributed by atoms with Crippen LogP contribution >= 0.6 is 11.8 Å². The summed E-state index contributed by atoms with van der Waals surface area (Å²) < 4.78 is 17.2. The quantitative estimate of drug-likeness (QED) is 0.402. The van der Waals surface area contributed by atoms with Gasteiger partial charge in [0.15, 0.2) is 5.17 Å². The molecule has 3 aliphatic heterocycles. The Morgan fingerprint density at radius 3 is 2.61 bits per heavy atom. The smallest absolute Gasteiger partial charge is 0.338 e. The van der Waals surface area contributed by atoms with Crippen LogP contribution in [0.5, 0.6) is 11.5 Å². The number of nitrogens with zero attached hydrogens (tertiary/aromatic N) is 3. The van der Waals surface area contributed by atoms with Crippen LogP contribution in [0.3, 0.4) is 0 Å². The van der Waals surface area contributed by atoms with Crippen LogP contribution < -0.4 is 10.1 Å². The van der Waals surface area contributed by atoms with Crippen molar-refractivity contribution in [3.8, 4) is 11.5 Å². The molecule has 1 saturated heterocycles. The van der Waals surface area contributed by atoms with Crippen molar-refractivity contribution >= 4 is 28.8 Å². The SMILES string of the molecule is CC1=C(C(=O)OC(C)C)C(c2cccc(Oc3ccccc3)c2)N2C(CC(=O)NCCN3CCOCC3)=CSC2=N1. The van der Waals surface area contributed by atoms with Gasteiger partial charge in [-0.25, -0.2) is 9.79 Å². The second-order valence-electron chi connectivity index (χ2n) is 10.3. The molecule has 0 spiro atoms. The second-order valence-corrected chi connectivity index (χ2v) is 11.2. The van der Waals surface area contributed by atoms with Crippen molar-refractivity contribution in [1.29, 1.82) is 0 Å². The van der Waals surface area contributed by atoms with Crippen LogP contribution in [0.2, 0.25) is 0 Å². The maximum absolute atomic E-state index is 13.5. The van der Waals surface area contributed by atoms with Gasteiger partial charge in [0.2, 0.25) is 5.91 Å². The minimum Gasteiger partial charge on any atom is -0.459 e. The summed E-state index contributed by atoms with van der Waals surface area (Å²) >= 11 is 1.45. The lowest BCUT2D eigenvalue weighted by Gasteiger charge is -2.36. The number of allylic oxidation sites excluding steroid dienone is 1. The van der Waals surface area contributed by atoms with E-state index in [0.29, 0.717) is 29.3 Å². The van der Waals surface area contributed by atoms with Crippen LogP contribution in [-0.4, -0.2) is 72.3 Å². The minimum atomic E-state index is -0.532. The Labute approximate surface area is 245 Å². The number of para-hydroxylation sites is 1. The Hall–Kier alpha value is -3.60. The molecule has 1 N–H and O–H groups in total. The normalized spacial score (nSPS) is 19.0. The Bertz CT molecular complexity index is 1350. The molecule has 2 aromatic rings. The molecule has 10 heteroatoms. The summed E-state index contributed by atoms with van der Waals surface area (Å²) in [5.74, 6) is 0.854. The lowest BCUT2D eigenvalue weighted by molar-refractivity contribution is -0.143. The van der Waals surface area contributed by atoms with Crippen molar-refractivity contribution in [3.05, 3.63) is 82.5 Å². The molecular weight excluding hydrogens is 540 g/mol. The molecular formula is C31H36N4O5S. The molecule has 3 aliphatic rings. The van der Waals surface area contributed by atoms with Gasteiger partial charge in [0, 0.05) is 31.9 Å². The fraction of sp³-hybridized carbons (Fsp3) is 0.387. The lowest BCUT2D eigenvalue weighted by atomic mass is 9.93. The standard InChI is InChI=1S/C31H36N4O5S/c1-21(2)39-30(37)28-22(3)33-31-35(24(20-41-31)19-27(36)32-12-13-34-14-16-38-17-15-34)29(28)23-8-7-11-26(18-23)40-25-9-5-4-6-10-25/h4-11,18,20-21,29H,12-17,19H2,1-3H3,(H,32,36). The van der Waals surface area contributed by atoms with E-state index in [9.17, 15) is 9.59 Å². The number of benzene rings is 2. The molecule has 0 radical (unpaired) electrons. The Kier molecular flexibility index (Phi) is 9.43. The molecule has 1 fully saturated rings. The van der Waals surface area contributed by atoms with Crippen molar-refractivity contribution in [1.82, 2.24) is 15.1 Å². The Balaban J connectivity index is 1.39. The fourth-order valence-corrected chi connectivity index (χ4v) is 5.97. The molecule has 41 heavy (non-hydrogen) atoms. The number of amides is 1. The van der Waals surface area contributed by atoms with E-state index >= 15 is 0 Å². The molecule has 2 aromatic carbocycles. The summed E-state index contributed by atoms with van der Waals surface area (Å²) in [6, 6.07) is 16.7. The first-order chi connectivity index (χ1) is 19.9. The number of carbonyl (C=O) groups excluding carboxylic acids is 2. The van der Waals surface area contributed by atoms with Crippen LogP contribution in [0.1, 0.15) is 38.8 Å². The van der Waals surface area contributed by atoms with Crippen molar-refractivity contribution in [2.45, 2.75) is 39.3 Å². The molecule has 3 heterocycles. The first kappa shape index (κ1) is 28.9. The molecule has 1 unspecified atom stereocenters. The van der Waals surface area contributed by atoms with Crippen molar-refractivity contribution in [2.24, 2.45) is 4.99 Å². The third-order valence-corrected chi connectivity index (χ3v) is 7.80. The monoisotopic (exact) mass is 576 g/mol. The first-order valence-electron chi connectivity index (χ1n) is 13.9. The second kappa shape index (κ2) is 13.4. The highest BCUT2D eigenvalue weighted by atomic mass is 32.2. The molecule has 5 rings (SSSR count). The third kappa shape index (κ3) is 7.19. The number of hydrogen-bond acceptors (Lipinski definition) is 9. The number of fused-ring (bicyclic) bond motifs is 1. The summed E-state index contributed by atoms with van der Waals surface area (Å²) in [5, 5.41) is 5.72. The number of aliphatic imine (C=N–C) groups is 1. The lowest BCUT2D eigenvalue weighted by Crippen LogP contribution is -2.42. The van der Waals surface area contributed by atoms with E-state index in [-0.39, 0.29) is 18.4 Å². The Morgan fingerprint density at radius 1 is 1.10 bits per heavy atom. The summed E-state index contributed by atoms with van der Waals surface area (Å²) in [6.07, 6.45) is -0.126. The predicted octanol–water partition coefficient (Wildman–Crippen LogP) is 4.84. The molecule has 0 aromatic heterocycles. The number of morpholine rings is 1. The average molecular weight is 577 g/mol. The zero-order valence-electron chi connectivity index (χ0n) is 23.7. The zero-order valence-corrected chi connectivity index (χ0v) is 24.5. The third-order valence-electron chi connectivity index (χ3n) is 6.91. The average Bonchev–Trinajstić information content (AvgIpc) is 3.34. The van der Waals surface area contributed by atoms with Gasteiger partial charge in [-0.2, -0.15) is 0 Å². The summed E-state index contributed by atoms with van der Waals surface area (Å²) in [6.45, 7) is 10.0. The maximum atomic E-state index is 13.5. The van der Waals surface area contributed by atoms with Crippen molar-refractivity contribution < 1.29 is 23.8 Å². The number of rotatable bonds is 10. The number of thioether (sulfide) groups is 1. The zero-order chi connectivity index (χ0) is 28.8. The van der Waals surface area contributed by atoms with Crippen molar-refractivity contribution in [2.75, 3.05) is 39.4 Å². The number of hydrogen-bond donors (Lipinski definition) is 1. The van der Waals surface area contributed by atoms with E-state index in [2.05, 4.69) is 10.2 Å². The molecule has 0 aliphatic carbocycles. The van der Waals surface area contributed by atoms with Gasteiger partial charge < -0.3 is 24.4 Å². The highest BCUT2D eigenvalue weighted by Crippen LogP contribution is 2.45. The predicted molar refractivity (Wildman–Crippen MR) is 159 cm³/mol. The van der Waals surface area contributed by atoms with Gasteiger partial charge in [-0.05, 0) is 56.0 Å². The van der Waals surface area contributed by atoms with Gasteiger partial charge in [0.1, 0.15) is 11.5 Å². The molecule has 1 atom stereocenters. The molecule has 0 saturated carbocycles. The molecule has 1 amide bonds. The van der Waals surface area contributed by atoms with E-state index in [4.69, 9.17) is 19.2 Å². The van der Waals surface area contributed by atoms with Crippen LogP contribution in [0.15, 0.2) is 82.0 Å². The summed E-state index contributed by atoms with van der Waals surface area (Å²) in [4.78, 5) is 35.5. The van der Waals surface area contributed by atoms with Gasteiger partial charge in [0.25, 0.3) is 0 Å². The van der Waals surface area contributed by atoms with Crippen LogP contribution in [0.4, 0.5) is 0 Å². The fourth-order valence-electron chi connectivity index (χ4n) is 5.00. The molecule has 0 bridgehead atoms. The van der Waals surface area contributed by atoms with Crippen LogP contribution in [-0.2, 0) is 19.1 Å². The minimum absolute atomic E-state index is 0.0798. The van der Waals surface area contributed by atoms with Crippen molar-refractivity contribution in [3.63, 3.8) is 0 Å². The number of esters is 1. The van der Waals surface area contributed by atoms with Gasteiger partial charge in [-0.15, -0.1) is 0 Å². The number of carbonyl (C=O) groups is 2. The number of ether oxygens (including phenoxy) is 3. The molecule has 9 nitrogen and oxygen atoms in total. The summed E-state index contributed by atoms with van der Waals surface area (Å²) in [7, 11) is 0. The first-order valence-corrected chi connectivity index (χ1v) is 14.8. The van der Waals surface area contributed by atoms with Crippen LogP contribution in [0, 0.1) is 0 Å². The van der Waals surface area contributed by atoms with E-state index in [1.807, 2.05) is 85.7 Å². The van der Waals surface area contributed by atoms with E-state index < -0.39 is 12.0 Å². The van der Waals surface area contributed by atoms with Gasteiger partial charge in [0.05, 0.1) is 43.1 Å². The Morgan fingerprint density at radius 2 is 1.85 bits per heavy atom. The van der Waals surface area contributed by atoms with Crippen LogP contribution in [0.25, 0.3) is 0 Å². The maximum Gasteiger partial charge on any atom is 0.338 e. The van der Waals surface area contributed by atoms with Gasteiger partial charge in [-0.1, -0.05) is 42.1 Å². The molecule has 216 valence electrons. The van der Waals surface area contributed by atoms with E-state index in [1.165, 1.54) is 11.8 Å². The largest absolute Gasteiger partial charge is 0.459 e. The van der Waals surface area contributed by atoms with Gasteiger partial charge in [-0.3, -0.25) is 9.69 Å². The van der Waals surface area contributed by atoms with E-state index in [0.717, 1.165) is 49.3 Å². The highest BCUT2D eigenvalue weighted by molar-refractivity contribution is 8.16. The summed E-state index contributed by atoms with van der Waals surface area (Å²) in [5.41, 5.74) is 2.65. The number of nitrogens with one attached hydrogen (secondary N) is 1. The van der Waals surface area contributed by atoms with Gasteiger partial charge >= 0.3 is 5.97 Å². The number of amidine groups is 1. The topological polar surface area (TPSA) is 92.7 Å². The highest BCUT2D eigenvalue weighted by Gasteiger charge is 2.41. The van der Waals surface area contributed by atoms with E-state index in [1.54, 1.807) is 0 Å².